The van der Waals surface area contributed by atoms with Crippen molar-refractivity contribution in [3.63, 3.8) is 0 Å². The zero-order chi connectivity index (χ0) is 8.53. The van der Waals surface area contributed by atoms with E-state index < -0.39 is 0 Å². The van der Waals surface area contributed by atoms with E-state index in [-0.39, 0.29) is 0 Å². The molecular weight excluding hydrogens is 219 g/mol. The Hall–Kier alpha value is 0.609. The van der Waals surface area contributed by atoms with Gasteiger partial charge in [0.15, 0.2) is 0 Å². The van der Waals surface area contributed by atoms with E-state index in [4.69, 9.17) is 0 Å². The van der Waals surface area contributed by atoms with Crippen molar-refractivity contribution in [3.05, 3.63) is 9.88 Å². The van der Waals surface area contributed by atoms with Crippen molar-refractivity contribution in [1.29, 1.82) is 0 Å². The summed E-state index contributed by atoms with van der Waals surface area (Å²) in [6.07, 6.45) is 8.94. The minimum atomic E-state index is 0.605. The molecule has 0 unspecified atom stereocenters. The third-order valence-electron chi connectivity index (χ3n) is 1.59. The van der Waals surface area contributed by atoms with E-state index in [1.165, 1.54) is 35.9 Å². The topological polar surface area (TPSA) is 0 Å². The van der Waals surface area contributed by atoms with Crippen LogP contribution in [-0.2, 0) is 0 Å². The zero-order valence-corrected chi connectivity index (χ0v) is 10.1. The maximum absolute atomic E-state index is 4.34. The van der Waals surface area contributed by atoms with E-state index in [1.54, 1.807) is 0 Å². The number of rotatable bonds is 6. The van der Waals surface area contributed by atoms with Gasteiger partial charge in [0.25, 0.3) is 0 Å². The molecule has 0 amide bonds. The molecule has 0 rings (SSSR count). The maximum atomic E-state index is 4.34. The first-order valence-corrected chi connectivity index (χ1v) is 7.26. The van der Waals surface area contributed by atoms with Gasteiger partial charge in [0.2, 0.25) is 0 Å². The average Bonchev–Trinajstić information content (AvgIpc) is 2.04. The van der Waals surface area contributed by atoms with Crippen molar-refractivity contribution < 1.29 is 0 Å². The third kappa shape index (κ3) is 8.52. The van der Waals surface area contributed by atoms with E-state index in [2.05, 4.69) is 31.5 Å². The van der Waals surface area contributed by atoms with Crippen LogP contribution in [0.5, 0.6) is 0 Å². The van der Waals surface area contributed by atoms with Crippen LogP contribution in [0.15, 0.2) is 9.88 Å². The van der Waals surface area contributed by atoms with Crippen LogP contribution < -0.4 is 0 Å². The first-order valence-electron chi connectivity index (χ1n) is 4.24. The average molecular weight is 237 g/mol. The molecule has 66 valence electrons. The number of allylic oxidation sites excluding steroid dienone is 1. The van der Waals surface area contributed by atoms with Gasteiger partial charge in [-0.15, -0.1) is 0 Å². The van der Waals surface area contributed by atoms with Crippen LogP contribution in [0, 0.1) is 0 Å². The van der Waals surface area contributed by atoms with Crippen molar-refractivity contribution in [2.45, 2.75) is 44.9 Å². The van der Waals surface area contributed by atoms with Crippen molar-refractivity contribution in [2.75, 3.05) is 0 Å². The fourth-order valence-corrected chi connectivity index (χ4v) is 1.61. The molecule has 0 aromatic carbocycles. The van der Waals surface area contributed by atoms with Crippen molar-refractivity contribution >= 4 is 27.6 Å². The fraction of sp³-hybridized carbons (Fsp3) is 0.778. The summed E-state index contributed by atoms with van der Waals surface area (Å²) >= 11 is 4.95. The molecule has 0 aliphatic carbocycles. The Morgan fingerprint density at radius 1 is 1.36 bits per heavy atom. The zero-order valence-electron chi connectivity index (χ0n) is 7.47. The van der Waals surface area contributed by atoms with Crippen molar-refractivity contribution in [2.24, 2.45) is 0 Å². The Balaban J connectivity index is 3.12. The molecule has 0 heterocycles. The molecule has 0 spiro atoms. The SMILES string of the molecule is CCCCCC/C=C(\S)[Se]C. The molecule has 2 heteroatoms. The Morgan fingerprint density at radius 3 is 2.64 bits per heavy atom. The molecule has 0 saturated heterocycles. The molecule has 0 aliphatic heterocycles. The molecule has 0 bridgehead atoms. The van der Waals surface area contributed by atoms with Crippen LogP contribution >= 0.6 is 12.6 Å². The first kappa shape index (κ1) is 11.6. The second-order valence-corrected chi connectivity index (χ2v) is 5.54. The second kappa shape index (κ2) is 8.70. The minimum absolute atomic E-state index is 0.605. The van der Waals surface area contributed by atoms with Gasteiger partial charge in [0.1, 0.15) is 0 Å². The van der Waals surface area contributed by atoms with E-state index in [0.29, 0.717) is 15.0 Å². The molecular formula is C9H18SSe. The van der Waals surface area contributed by atoms with Crippen LogP contribution in [0.25, 0.3) is 0 Å². The summed E-state index contributed by atoms with van der Waals surface area (Å²) in [6, 6.07) is 0. The normalized spacial score (nSPS) is 12.1. The molecule has 0 saturated carbocycles. The molecule has 0 aromatic heterocycles. The molecule has 0 radical (unpaired) electrons. The number of thiol groups is 1. The van der Waals surface area contributed by atoms with Crippen LogP contribution in [-0.4, -0.2) is 15.0 Å². The van der Waals surface area contributed by atoms with Gasteiger partial charge < -0.3 is 0 Å². The quantitative estimate of drug-likeness (QED) is 0.408. The van der Waals surface area contributed by atoms with E-state index in [9.17, 15) is 0 Å². The van der Waals surface area contributed by atoms with Gasteiger partial charge in [0.05, 0.1) is 0 Å². The summed E-state index contributed by atoms with van der Waals surface area (Å²) in [5.41, 5.74) is 0. The predicted octanol–water partition coefficient (Wildman–Crippen LogP) is 3.48. The van der Waals surface area contributed by atoms with Gasteiger partial charge >= 0.3 is 82.3 Å². The molecule has 0 fully saturated rings. The Bertz CT molecular complexity index is 110. The summed E-state index contributed by atoms with van der Waals surface area (Å²) in [5.74, 6) is 2.21. The van der Waals surface area contributed by atoms with Gasteiger partial charge in [-0.05, 0) is 0 Å². The van der Waals surface area contributed by atoms with E-state index in [1.807, 2.05) is 0 Å². The fourth-order valence-electron chi connectivity index (χ4n) is 0.880. The molecule has 0 aromatic rings. The van der Waals surface area contributed by atoms with Crippen LogP contribution in [0.4, 0.5) is 0 Å². The third-order valence-corrected chi connectivity index (χ3v) is 3.94. The molecule has 0 N–H and O–H groups in total. The van der Waals surface area contributed by atoms with Gasteiger partial charge in [0, 0.05) is 0 Å². The summed E-state index contributed by atoms with van der Waals surface area (Å²) in [4.78, 5) is 0. The van der Waals surface area contributed by atoms with Crippen LogP contribution in [0.3, 0.4) is 0 Å². The molecule has 0 nitrogen and oxygen atoms in total. The Morgan fingerprint density at radius 2 is 2.09 bits per heavy atom. The van der Waals surface area contributed by atoms with Gasteiger partial charge in [-0.2, -0.15) is 0 Å². The number of unbranched alkanes of at least 4 members (excludes halogenated alkanes) is 4. The van der Waals surface area contributed by atoms with Gasteiger partial charge in [-0.1, -0.05) is 0 Å². The molecule has 0 atom stereocenters. The molecule has 0 aliphatic rings. The number of hydrogen-bond donors (Lipinski definition) is 1. The van der Waals surface area contributed by atoms with Crippen LogP contribution in [0.2, 0.25) is 5.82 Å². The predicted molar refractivity (Wildman–Crippen MR) is 57.4 cm³/mol. The standard InChI is InChI=1S/C9H18SSe/c1-3-4-5-6-7-8-9(10)11-2/h8,10H,3-7H2,1-2H3/b9-8+. The second-order valence-electron chi connectivity index (χ2n) is 2.60. The van der Waals surface area contributed by atoms with Gasteiger partial charge in [-0.25, -0.2) is 0 Å². The monoisotopic (exact) mass is 238 g/mol. The van der Waals surface area contributed by atoms with Crippen molar-refractivity contribution in [1.82, 2.24) is 0 Å². The van der Waals surface area contributed by atoms with Crippen LogP contribution in [0.1, 0.15) is 39.0 Å². The van der Waals surface area contributed by atoms with E-state index in [0.717, 1.165) is 0 Å². The van der Waals surface area contributed by atoms with E-state index >= 15 is 0 Å². The van der Waals surface area contributed by atoms with Gasteiger partial charge in [-0.3, -0.25) is 0 Å². The number of hydrogen-bond acceptors (Lipinski definition) is 1. The van der Waals surface area contributed by atoms with Crippen molar-refractivity contribution in [3.8, 4) is 0 Å². The summed E-state index contributed by atoms with van der Waals surface area (Å²) in [5, 5.41) is 0. The summed E-state index contributed by atoms with van der Waals surface area (Å²) in [6.45, 7) is 2.25. The summed E-state index contributed by atoms with van der Waals surface area (Å²) < 4.78 is 1.30. The first-order chi connectivity index (χ1) is 5.31. The Kier molecular flexibility index (Phi) is 9.19. The summed E-state index contributed by atoms with van der Waals surface area (Å²) in [7, 11) is 0. The Labute approximate surface area is 82.4 Å². The molecule has 11 heavy (non-hydrogen) atoms.